The van der Waals surface area contributed by atoms with Gasteiger partial charge in [0.25, 0.3) is 0 Å². The zero-order valence-electron chi connectivity index (χ0n) is 76.5. The normalized spacial score (nSPS) is 19.0. The van der Waals surface area contributed by atoms with Crippen LogP contribution in [0.15, 0.2) is 121 Å². The molecule has 0 radical (unpaired) electrons. The van der Waals surface area contributed by atoms with E-state index in [1.54, 1.807) is 83.2 Å². The Morgan fingerprint density at radius 2 is 0.547 bits per heavy atom. The third-order valence-electron chi connectivity index (χ3n) is 28.1. The average molecular weight is 1770 g/mol. The number of rotatable bonds is 13. The van der Waals surface area contributed by atoms with Crippen molar-refractivity contribution in [1.29, 1.82) is 0 Å². The number of ether oxygens (including phenoxy) is 11. The molecule has 0 amide bonds. The standard InChI is InChI=1S/C21H22F3NO5S.C21H25NO3.C21H25NO2.2C20H23NO3/c1-12-8-15-14(10-19(12)28-2)6-7-25-11-16-13(9-17(15)25)4-5-18(20(16)29-3)30-31(26,27)21(22,23)24;1-13-5-6-14-9-18-16-11-20(24-3)19(23-2)10-15(16)7-8-22(18)12-17(14)21(13)25-4;1-13-5-6-15-10-19-17-9-14(2)20(23-3)11-16(17)7-8-22(19)12-18(15)21(13)24-4;1-12-8-15-14(10-19(12)23-2)6-7-21-11-16-13(9-17(15)21)4-5-18(22)20(16)24-3;1-12-4-5-13-8-17-15-10-18(22)19(23-2)9-14(15)6-7-21(17)11-16(13)20(12)24-3/h4-5,8,10,17H,6-7,9,11H2,1-3H3;5-6,10-11,18H,7-9,12H2,1-4H3;5-6,9,11,19H,7-8,10,12H2,1-4H3;4-5,8,10,17,22H,6-7,9,11H2,1-3H3;4-5,9-10,17,22H,6-8,11H2,1-3H3/t17-;18-;19-;2*17-/m00000/s1. The van der Waals surface area contributed by atoms with Gasteiger partial charge in [-0.1, -0.05) is 66.7 Å². The molecule has 2 N–H and O–H groups in total. The number of fused-ring (bicyclic) bond motifs is 20. The summed E-state index contributed by atoms with van der Waals surface area (Å²) < 4.78 is 126. The summed E-state index contributed by atoms with van der Waals surface area (Å²) in [6.07, 6.45) is 9.52. The lowest BCUT2D eigenvalue weighted by molar-refractivity contribution is -0.0500. The van der Waals surface area contributed by atoms with Crippen molar-refractivity contribution in [2.24, 2.45) is 0 Å². The number of phenols is 2. The molecule has 0 saturated heterocycles. The van der Waals surface area contributed by atoms with Crippen molar-refractivity contribution < 1.29 is 88.1 Å². The smallest absolute Gasteiger partial charge is 0.504 e. The summed E-state index contributed by atoms with van der Waals surface area (Å²) in [5.41, 5.74) is 27.1. The molecule has 0 bridgehead atoms. The Bertz CT molecular complexity index is 5700. The van der Waals surface area contributed by atoms with Crippen LogP contribution in [0.3, 0.4) is 0 Å². The summed E-state index contributed by atoms with van der Waals surface area (Å²) in [7, 11) is 12.6. The Morgan fingerprint density at radius 3 is 0.859 bits per heavy atom. The number of aryl methyl sites for hydroxylation is 6. The molecular weight excluding hydrogens is 1650 g/mol. The lowest BCUT2D eigenvalue weighted by Gasteiger charge is -2.42. The van der Waals surface area contributed by atoms with Crippen LogP contribution in [0, 0.1) is 41.5 Å². The lowest BCUT2D eigenvalue weighted by atomic mass is 9.82. The van der Waals surface area contributed by atoms with Crippen molar-refractivity contribution in [2.75, 3.05) is 111 Å². The van der Waals surface area contributed by atoms with Gasteiger partial charge in [-0.15, -0.1) is 0 Å². The minimum Gasteiger partial charge on any atom is -0.504 e. The number of benzene rings is 10. The summed E-state index contributed by atoms with van der Waals surface area (Å²) >= 11 is 0. The molecule has 10 heterocycles. The predicted octanol–water partition coefficient (Wildman–Crippen LogP) is 18.3. The van der Waals surface area contributed by atoms with Crippen LogP contribution in [0.25, 0.3) is 0 Å². The highest BCUT2D eigenvalue weighted by molar-refractivity contribution is 7.88. The number of aromatic hydroxyl groups is 2. The molecule has 0 aliphatic carbocycles. The van der Waals surface area contributed by atoms with Crippen LogP contribution in [0.5, 0.6) is 80.5 Å². The first kappa shape index (κ1) is 90.3. The fourth-order valence-corrected chi connectivity index (χ4v) is 22.0. The van der Waals surface area contributed by atoms with Gasteiger partial charge in [0.1, 0.15) is 34.5 Å². The highest BCUT2D eigenvalue weighted by atomic mass is 32.2. The van der Waals surface area contributed by atoms with Gasteiger partial charge in [0.2, 0.25) is 0 Å². The summed E-state index contributed by atoms with van der Waals surface area (Å²) in [5.74, 6) is 8.81. The summed E-state index contributed by atoms with van der Waals surface area (Å²) in [6, 6.07) is 43.0. The Kier molecular flexibility index (Phi) is 26.2. The Labute approximate surface area is 750 Å². The first-order chi connectivity index (χ1) is 61.6. The van der Waals surface area contributed by atoms with Crippen molar-refractivity contribution >= 4 is 10.1 Å². The molecule has 21 nitrogen and oxygen atoms in total. The van der Waals surface area contributed by atoms with Crippen molar-refractivity contribution in [1.82, 2.24) is 24.5 Å². The number of hydrogen-bond acceptors (Lipinski definition) is 21. The van der Waals surface area contributed by atoms with E-state index in [-0.39, 0.29) is 23.3 Å². The van der Waals surface area contributed by atoms with Gasteiger partial charge in [0, 0.05) is 123 Å². The third kappa shape index (κ3) is 17.2. The van der Waals surface area contributed by atoms with E-state index in [9.17, 15) is 31.8 Å². The monoisotopic (exact) mass is 1770 g/mol. The van der Waals surface area contributed by atoms with Crippen molar-refractivity contribution in [3.05, 3.63) is 266 Å². The zero-order valence-corrected chi connectivity index (χ0v) is 77.3. The molecule has 10 aliphatic heterocycles. The van der Waals surface area contributed by atoms with Gasteiger partial charge in [-0.05, 0) is 277 Å². The molecule has 0 saturated carbocycles. The molecule has 5 atom stereocenters. The second-order valence-electron chi connectivity index (χ2n) is 35.0. The van der Waals surface area contributed by atoms with E-state index in [4.69, 9.17) is 52.1 Å². The van der Waals surface area contributed by atoms with Crippen LogP contribution in [0.1, 0.15) is 175 Å². The molecule has 0 fully saturated rings. The van der Waals surface area contributed by atoms with E-state index < -0.39 is 21.4 Å². The maximum absolute atomic E-state index is 12.8. The third-order valence-corrected chi connectivity index (χ3v) is 29.1. The highest BCUT2D eigenvalue weighted by Gasteiger charge is 2.50. The summed E-state index contributed by atoms with van der Waals surface area (Å²) in [6.45, 7) is 21.6. The summed E-state index contributed by atoms with van der Waals surface area (Å²) in [5, 5.41) is 20.3. The fraction of sp³-hybridized carbons (Fsp3) is 0.417. The van der Waals surface area contributed by atoms with Gasteiger partial charge in [-0.2, -0.15) is 21.6 Å². The fourth-order valence-electron chi connectivity index (χ4n) is 21.6. The summed E-state index contributed by atoms with van der Waals surface area (Å²) in [4.78, 5) is 12.4. The molecule has 128 heavy (non-hydrogen) atoms. The van der Waals surface area contributed by atoms with Gasteiger partial charge in [0.05, 0.1) is 78.2 Å². The Hall–Kier alpha value is -11.1. The van der Waals surface area contributed by atoms with E-state index >= 15 is 0 Å². The Balaban J connectivity index is 0.000000118. The number of methoxy groups -OCH3 is 11. The molecule has 0 unspecified atom stereocenters. The molecule has 0 aromatic heterocycles. The van der Waals surface area contributed by atoms with Crippen LogP contribution in [-0.2, 0) is 107 Å². The van der Waals surface area contributed by atoms with Crippen LogP contribution in [-0.4, -0.2) is 160 Å². The van der Waals surface area contributed by atoms with Crippen LogP contribution >= 0.6 is 0 Å². The number of alkyl halides is 3. The van der Waals surface area contributed by atoms with Gasteiger partial charge in [0.15, 0.2) is 46.0 Å². The van der Waals surface area contributed by atoms with Gasteiger partial charge >= 0.3 is 15.6 Å². The van der Waals surface area contributed by atoms with E-state index in [1.807, 2.05) is 25.1 Å². The number of halogens is 3. The SMILES string of the molecule is COc1cc2c(cc1C)[C@@H]1Cc3ccc(C)c(OC)c3CN1CC2.COc1cc2c(cc1C)[C@@H]1Cc3ccc(O)c(OC)c3CN1CC2.COc1cc2c(cc1C)[C@@H]1Cc3ccc(OS(=O)(=O)C(F)(F)F)c(OC)c3CN1CC2.COc1cc2c(cc1O)[C@@H]1Cc3ccc(C)c(OC)c3CN1CC2.COc1cc2c(cc1OC)[C@@H]1Cc3ccc(C)c(OC)c3CN1CC2. The molecule has 10 aromatic carbocycles. The van der Waals surface area contributed by atoms with Crippen molar-refractivity contribution in [3.8, 4) is 80.5 Å². The number of phenolic OH excluding ortho intramolecular Hbond substituents is 2. The van der Waals surface area contributed by atoms with Gasteiger partial charge < -0.3 is 66.5 Å². The number of nitrogens with zero attached hydrogens (tertiary/aromatic N) is 5. The quantitative estimate of drug-likeness (QED) is 0.0814. The zero-order chi connectivity index (χ0) is 90.6. The first-order valence-corrected chi connectivity index (χ1v) is 45.4. The van der Waals surface area contributed by atoms with E-state index in [1.165, 1.54) is 136 Å². The van der Waals surface area contributed by atoms with Crippen LogP contribution in [0.4, 0.5) is 13.2 Å². The second-order valence-corrected chi connectivity index (χ2v) is 36.6. The van der Waals surface area contributed by atoms with Gasteiger partial charge in [-0.25, -0.2) is 0 Å². The van der Waals surface area contributed by atoms with Gasteiger partial charge in [-0.3, -0.25) is 24.5 Å². The predicted molar refractivity (Wildman–Crippen MR) is 487 cm³/mol. The van der Waals surface area contributed by atoms with Crippen molar-refractivity contribution in [2.45, 2.75) is 174 Å². The lowest BCUT2D eigenvalue weighted by Crippen LogP contribution is -2.39. The second kappa shape index (κ2) is 37.2. The molecule has 678 valence electrons. The van der Waals surface area contributed by atoms with E-state index in [0.717, 1.165) is 179 Å². The molecule has 10 aromatic rings. The largest absolute Gasteiger partial charge is 0.534 e. The van der Waals surface area contributed by atoms with Crippen molar-refractivity contribution in [3.63, 3.8) is 0 Å². The maximum Gasteiger partial charge on any atom is 0.534 e. The molecule has 10 aliphatic rings. The minimum atomic E-state index is -5.79. The average Bonchev–Trinajstić information content (AvgIpc) is 0.769. The molecule has 0 spiro atoms. The van der Waals surface area contributed by atoms with Crippen LogP contribution < -0.4 is 56.3 Å². The van der Waals surface area contributed by atoms with E-state index in [2.05, 4.69) is 148 Å². The molecule has 20 rings (SSSR count). The molecular formula is C103H118F3N5O16S. The minimum absolute atomic E-state index is 0.0143. The van der Waals surface area contributed by atoms with E-state index in [0.29, 0.717) is 54.2 Å². The highest BCUT2D eigenvalue weighted by Crippen LogP contribution is 2.52. The Morgan fingerprint density at radius 1 is 0.281 bits per heavy atom. The number of hydrogen-bond donors (Lipinski definition) is 2. The van der Waals surface area contributed by atoms with Crippen LogP contribution in [0.2, 0.25) is 0 Å². The first-order valence-electron chi connectivity index (χ1n) is 44.0. The molecule has 25 heteroatoms. The maximum atomic E-state index is 12.8. The topological polar surface area (TPSA) is 202 Å².